The summed E-state index contributed by atoms with van der Waals surface area (Å²) in [5.74, 6) is -2.19. The number of guanidine groups is 1. The number of nitrogens with zero attached hydrogens (tertiary/aromatic N) is 2. The minimum absolute atomic E-state index is 0.0138. The number of piperidine rings is 1. The van der Waals surface area contributed by atoms with E-state index in [0.29, 0.717) is 18.7 Å². The van der Waals surface area contributed by atoms with Gasteiger partial charge in [-0.2, -0.15) is 0 Å². The van der Waals surface area contributed by atoms with E-state index >= 15 is 0 Å². The zero-order valence-corrected chi connectivity index (χ0v) is 25.7. The van der Waals surface area contributed by atoms with Crippen LogP contribution in [0, 0.1) is 5.41 Å². The van der Waals surface area contributed by atoms with Crippen LogP contribution in [0.3, 0.4) is 0 Å². The number of thiophene rings is 1. The summed E-state index contributed by atoms with van der Waals surface area (Å²) >= 11 is 2.55. The fraction of sp³-hybridized carbons (Fsp3) is 0.385. The van der Waals surface area contributed by atoms with Crippen molar-refractivity contribution >= 4 is 67.0 Å². The number of thiazole rings is 1. The standard InChI is InChI=1S/C26H35N9O5S3/c27-16-6-10-35(11-7-16)26-32-18(15-42-26)14-31-17-3-1-4-19(13-17)43(39,40)34-20-8-12-41-22(20)23(36)33-21(24(37)38)5-2-9-30-25(28)29/h1,3-4,8,12-13,15-16,21,31,34H,2,5-7,9-11,14,27H2,(H,33,36)(H,37,38)(H4,28,29,30)/t21-/m0/s1. The molecule has 1 saturated heterocycles. The smallest absolute Gasteiger partial charge is 0.326 e. The van der Waals surface area contributed by atoms with Crippen molar-refractivity contribution in [2.24, 2.45) is 11.5 Å². The molecule has 0 unspecified atom stereocenters. The molecule has 1 atom stereocenters. The quantitative estimate of drug-likeness (QED) is 0.0715. The fourth-order valence-corrected chi connectivity index (χ4v) is 7.17. The summed E-state index contributed by atoms with van der Waals surface area (Å²) in [5.41, 5.74) is 12.7. The normalized spacial score (nSPS) is 14.6. The first kappa shape index (κ1) is 32.0. The number of nitrogens with two attached hydrogens (primary N) is 2. The SMILES string of the molecule is N=C(N)NCCC[C@H](NC(=O)c1sccc1NS(=O)(=O)c1cccc(NCc2csc(N3CCC(N)CC3)n2)c1)C(=O)O. The molecule has 1 aromatic carbocycles. The van der Waals surface area contributed by atoms with E-state index in [-0.39, 0.29) is 40.4 Å². The van der Waals surface area contributed by atoms with Crippen LogP contribution in [-0.4, -0.2) is 68.1 Å². The lowest BCUT2D eigenvalue weighted by molar-refractivity contribution is -0.139. The highest BCUT2D eigenvalue weighted by Crippen LogP contribution is 2.27. The van der Waals surface area contributed by atoms with Crippen LogP contribution in [0.5, 0.6) is 0 Å². The summed E-state index contributed by atoms with van der Waals surface area (Å²) in [5, 5.41) is 29.4. The van der Waals surface area contributed by atoms with Crippen molar-refractivity contribution in [1.82, 2.24) is 15.6 Å². The van der Waals surface area contributed by atoms with Crippen molar-refractivity contribution < 1.29 is 23.1 Å². The maximum Gasteiger partial charge on any atom is 0.326 e. The molecule has 43 heavy (non-hydrogen) atoms. The van der Waals surface area contributed by atoms with Crippen LogP contribution in [0.1, 0.15) is 41.0 Å². The zero-order chi connectivity index (χ0) is 31.0. The molecule has 0 saturated carbocycles. The second-order valence-electron chi connectivity index (χ2n) is 9.94. The van der Waals surface area contributed by atoms with Gasteiger partial charge in [-0.25, -0.2) is 18.2 Å². The number of anilines is 3. The number of carboxylic acid groups (broad SMARTS) is 1. The highest BCUT2D eigenvalue weighted by Gasteiger charge is 2.25. The number of aliphatic carboxylic acids is 1. The Morgan fingerprint density at radius 2 is 1.98 bits per heavy atom. The number of carbonyl (C=O) groups excluding carboxylic acids is 1. The lowest BCUT2D eigenvalue weighted by atomic mass is 10.1. The summed E-state index contributed by atoms with van der Waals surface area (Å²) < 4.78 is 28.9. The van der Waals surface area contributed by atoms with E-state index in [2.05, 4.69) is 25.6 Å². The third kappa shape index (κ3) is 9.03. The first-order valence-electron chi connectivity index (χ1n) is 13.5. The molecule has 0 spiro atoms. The van der Waals surface area contributed by atoms with Crippen molar-refractivity contribution in [3.8, 4) is 0 Å². The molecule has 0 radical (unpaired) electrons. The molecule has 1 fully saturated rings. The molecule has 3 aromatic rings. The summed E-state index contributed by atoms with van der Waals surface area (Å²) in [7, 11) is -4.08. The van der Waals surface area contributed by atoms with Crippen molar-refractivity contribution in [3.05, 3.63) is 51.7 Å². The van der Waals surface area contributed by atoms with Crippen molar-refractivity contribution in [1.29, 1.82) is 5.41 Å². The molecule has 232 valence electrons. The van der Waals surface area contributed by atoms with Gasteiger partial charge in [-0.15, -0.1) is 22.7 Å². The maximum absolute atomic E-state index is 13.2. The Bertz CT molecular complexity index is 1530. The van der Waals surface area contributed by atoms with E-state index < -0.39 is 27.9 Å². The van der Waals surface area contributed by atoms with Crippen molar-refractivity contribution in [3.63, 3.8) is 0 Å². The van der Waals surface area contributed by atoms with E-state index in [0.717, 1.165) is 48.1 Å². The van der Waals surface area contributed by atoms with Crippen LogP contribution in [-0.2, 0) is 21.4 Å². The number of aromatic nitrogens is 1. The van der Waals surface area contributed by atoms with Gasteiger partial charge in [0.15, 0.2) is 11.1 Å². The lowest BCUT2D eigenvalue weighted by Crippen LogP contribution is -2.41. The van der Waals surface area contributed by atoms with Crippen molar-refractivity contribution in [2.45, 2.75) is 49.2 Å². The molecule has 2 aromatic heterocycles. The number of amides is 1. The Morgan fingerprint density at radius 1 is 1.21 bits per heavy atom. The highest BCUT2D eigenvalue weighted by molar-refractivity contribution is 7.92. The van der Waals surface area contributed by atoms with Gasteiger partial charge in [-0.3, -0.25) is 14.9 Å². The topological polar surface area (TPSA) is 229 Å². The van der Waals surface area contributed by atoms with Gasteiger partial charge >= 0.3 is 5.97 Å². The minimum Gasteiger partial charge on any atom is -0.480 e. The first-order chi connectivity index (χ1) is 20.5. The predicted molar refractivity (Wildman–Crippen MR) is 168 cm³/mol. The summed E-state index contributed by atoms with van der Waals surface area (Å²) in [6.45, 7) is 2.43. The van der Waals surface area contributed by atoms with Crippen LogP contribution in [0.4, 0.5) is 16.5 Å². The van der Waals surface area contributed by atoms with Gasteiger partial charge in [0.25, 0.3) is 15.9 Å². The summed E-state index contributed by atoms with van der Waals surface area (Å²) in [6, 6.07) is 6.77. The number of rotatable bonds is 14. The number of nitrogens with one attached hydrogen (secondary N) is 5. The van der Waals surface area contributed by atoms with Crippen LogP contribution in [0.15, 0.2) is 46.0 Å². The van der Waals surface area contributed by atoms with Gasteiger partial charge in [0.05, 0.1) is 22.8 Å². The van der Waals surface area contributed by atoms with Gasteiger partial charge in [-0.05, 0) is 55.3 Å². The van der Waals surface area contributed by atoms with Gasteiger partial charge in [0.2, 0.25) is 0 Å². The third-order valence-corrected chi connectivity index (χ3v) is 9.90. The Hall–Kier alpha value is -3.93. The predicted octanol–water partition coefficient (Wildman–Crippen LogP) is 1.99. The average Bonchev–Trinajstić information content (AvgIpc) is 3.63. The summed E-state index contributed by atoms with van der Waals surface area (Å²) in [6.07, 6.45) is 2.29. The second-order valence-corrected chi connectivity index (χ2v) is 13.4. The molecule has 0 bridgehead atoms. The van der Waals surface area contributed by atoms with Crippen LogP contribution in [0.25, 0.3) is 0 Å². The Labute approximate surface area is 257 Å². The number of sulfonamides is 1. The van der Waals surface area contributed by atoms with Crippen LogP contribution < -0.4 is 37.0 Å². The monoisotopic (exact) mass is 649 g/mol. The van der Waals surface area contributed by atoms with Crippen molar-refractivity contribution in [2.75, 3.05) is 34.6 Å². The van der Waals surface area contributed by atoms with Crippen LogP contribution in [0.2, 0.25) is 0 Å². The molecule has 3 heterocycles. The summed E-state index contributed by atoms with van der Waals surface area (Å²) in [4.78, 5) is 31.5. The minimum atomic E-state index is -4.08. The highest BCUT2D eigenvalue weighted by atomic mass is 32.2. The van der Waals surface area contributed by atoms with Gasteiger partial charge < -0.3 is 37.4 Å². The molecule has 4 rings (SSSR count). The average molecular weight is 650 g/mol. The molecular weight excluding hydrogens is 615 g/mol. The number of hydrogen-bond donors (Lipinski definition) is 8. The van der Waals surface area contributed by atoms with E-state index in [4.69, 9.17) is 21.9 Å². The fourth-order valence-electron chi connectivity index (χ4n) is 4.36. The largest absolute Gasteiger partial charge is 0.480 e. The maximum atomic E-state index is 13.2. The van der Waals surface area contributed by atoms with E-state index in [1.807, 2.05) is 5.38 Å². The van der Waals surface area contributed by atoms with Crippen LogP contribution >= 0.6 is 22.7 Å². The molecule has 0 aliphatic carbocycles. The van der Waals surface area contributed by atoms with E-state index in [1.54, 1.807) is 23.5 Å². The third-order valence-electron chi connectivity index (χ3n) is 6.67. The number of hydrogen-bond acceptors (Lipinski definition) is 11. The van der Waals surface area contributed by atoms with E-state index in [1.165, 1.54) is 23.6 Å². The first-order valence-corrected chi connectivity index (χ1v) is 16.8. The Balaban J connectivity index is 1.36. The number of carboxylic acids is 1. The second kappa shape index (κ2) is 14.5. The molecule has 10 N–H and O–H groups in total. The Morgan fingerprint density at radius 3 is 2.70 bits per heavy atom. The molecular formula is C26H35N9O5S3. The molecule has 17 heteroatoms. The zero-order valence-electron chi connectivity index (χ0n) is 23.2. The molecule has 14 nitrogen and oxygen atoms in total. The molecule has 1 amide bonds. The lowest BCUT2D eigenvalue weighted by Gasteiger charge is -2.29. The number of benzene rings is 1. The molecule has 1 aliphatic heterocycles. The van der Waals surface area contributed by atoms with Gasteiger partial charge in [0, 0.05) is 36.7 Å². The van der Waals surface area contributed by atoms with E-state index in [9.17, 15) is 23.1 Å². The van der Waals surface area contributed by atoms with Gasteiger partial charge in [-0.1, -0.05) is 6.07 Å². The molecule has 1 aliphatic rings. The van der Waals surface area contributed by atoms with Gasteiger partial charge in [0.1, 0.15) is 10.9 Å². The Kier molecular flexibility index (Phi) is 10.8. The number of carbonyl (C=O) groups is 2.